The molecule has 0 bridgehead atoms. The highest BCUT2D eigenvalue weighted by Crippen LogP contribution is 2.41. The van der Waals surface area contributed by atoms with Crippen LogP contribution in [0.3, 0.4) is 0 Å². The molecule has 1 fully saturated rings. The second-order valence-electron chi connectivity index (χ2n) is 7.55. The predicted octanol–water partition coefficient (Wildman–Crippen LogP) is 3.71. The van der Waals surface area contributed by atoms with E-state index in [0.717, 1.165) is 23.0 Å². The zero-order valence-electron chi connectivity index (χ0n) is 17.6. The number of aryl methyl sites for hydroxylation is 1. The molecule has 0 spiro atoms. The van der Waals surface area contributed by atoms with E-state index in [1.54, 1.807) is 7.11 Å². The zero-order valence-corrected chi connectivity index (χ0v) is 18.4. The summed E-state index contributed by atoms with van der Waals surface area (Å²) in [5.74, 6) is 0. The van der Waals surface area contributed by atoms with Crippen LogP contribution >= 0.6 is 12.2 Å². The molecular formula is C23H27N5OS. The van der Waals surface area contributed by atoms with Crippen LogP contribution in [-0.4, -0.2) is 38.3 Å². The summed E-state index contributed by atoms with van der Waals surface area (Å²) in [5.41, 5.74) is 5.67. The van der Waals surface area contributed by atoms with Crippen molar-refractivity contribution in [2.75, 3.05) is 13.7 Å². The average molecular weight is 422 g/mol. The Kier molecular flexibility index (Phi) is 6.11. The molecule has 4 heterocycles. The Bertz CT molecular complexity index is 1010. The molecule has 1 saturated heterocycles. The first-order valence-electron chi connectivity index (χ1n) is 10.1. The number of pyridine rings is 2. The van der Waals surface area contributed by atoms with Crippen LogP contribution in [0.2, 0.25) is 0 Å². The van der Waals surface area contributed by atoms with Gasteiger partial charge in [-0.3, -0.25) is 9.97 Å². The second kappa shape index (κ2) is 8.93. The van der Waals surface area contributed by atoms with Crippen LogP contribution in [-0.2, 0) is 17.8 Å². The van der Waals surface area contributed by atoms with E-state index in [1.165, 1.54) is 17.0 Å². The minimum atomic E-state index is -0.0289. The van der Waals surface area contributed by atoms with E-state index in [9.17, 15) is 0 Å². The van der Waals surface area contributed by atoms with E-state index in [-0.39, 0.29) is 12.1 Å². The van der Waals surface area contributed by atoms with E-state index >= 15 is 0 Å². The fraction of sp³-hybridized carbons (Fsp3) is 0.348. The summed E-state index contributed by atoms with van der Waals surface area (Å²) in [6.45, 7) is 6.47. The third kappa shape index (κ3) is 3.95. The van der Waals surface area contributed by atoms with Gasteiger partial charge in [-0.25, -0.2) is 0 Å². The van der Waals surface area contributed by atoms with Crippen molar-refractivity contribution in [3.05, 3.63) is 83.2 Å². The van der Waals surface area contributed by atoms with E-state index < -0.39 is 0 Å². The highest BCUT2D eigenvalue weighted by molar-refractivity contribution is 7.80. The van der Waals surface area contributed by atoms with Crippen LogP contribution in [0.1, 0.15) is 40.4 Å². The lowest BCUT2D eigenvalue weighted by atomic mass is 9.96. The fourth-order valence-electron chi connectivity index (χ4n) is 4.23. The van der Waals surface area contributed by atoms with Gasteiger partial charge in [-0.1, -0.05) is 12.1 Å². The van der Waals surface area contributed by atoms with Crippen molar-refractivity contribution < 1.29 is 4.74 Å². The molecule has 6 nitrogen and oxygen atoms in total. The van der Waals surface area contributed by atoms with Crippen molar-refractivity contribution in [2.45, 2.75) is 39.0 Å². The Morgan fingerprint density at radius 2 is 1.87 bits per heavy atom. The molecule has 2 atom stereocenters. The number of hydrogen-bond donors (Lipinski definition) is 1. The number of nitrogens with zero attached hydrogens (tertiary/aromatic N) is 4. The summed E-state index contributed by atoms with van der Waals surface area (Å²) in [4.78, 5) is 11.4. The standard InChI is InChI=1S/C23H27N5OS/c1-16-14-19(17(2)27(16)12-13-29-3)22-21(20-9-5-7-11-25-20)26-23(30)28(22)15-18-8-4-6-10-24-18/h4-11,14,21-22H,12-13,15H2,1-3H3,(H,26,30)/t21-,22-/m1/s1. The second-order valence-corrected chi connectivity index (χ2v) is 7.93. The van der Waals surface area contributed by atoms with Crippen LogP contribution in [0.15, 0.2) is 54.9 Å². The SMILES string of the molecule is COCCn1c(C)cc([C@@H]2[C@@H](c3ccccn3)NC(=S)N2Cc2ccccn2)c1C. The molecule has 0 unspecified atom stereocenters. The number of aromatic nitrogens is 3. The maximum atomic E-state index is 5.78. The third-order valence-corrected chi connectivity index (χ3v) is 6.06. The highest BCUT2D eigenvalue weighted by Gasteiger charge is 2.41. The van der Waals surface area contributed by atoms with Gasteiger partial charge < -0.3 is 19.5 Å². The topological polar surface area (TPSA) is 55.2 Å². The summed E-state index contributed by atoms with van der Waals surface area (Å²) in [5, 5.41) is 4.25. The van der Waals surface area contributed by atoms with Crippen LogP contribution in [0.5, 0.6) is 0 Å². The Morgan fingerprint density at radius 1 is 1.10 bits per heavy atom. The van der Waals surface area contributed by atoms with Crippen molar-refractivity contribution in [3.8, 4) is 0 Å². The number of methoxy groups -OCH3 is 1. The van der Waals surface area contributed by atoms with Crippen LogP contribution in [0, 0.1) is 13.8 Å². The molecule has 4 rings (SSSR count). The van der Waals surface area contributed by atoms with Crippen molar-refractivity contribution in [3.63, 3.8) is 0 Å². The normalized spacial score (nSPS) is 18.6. The molecule has 156 valence electrons. The lowest BCUT2D eigenvalue weighted by Crippen LogP contribution is -2.29. The zero-order chi connectivity index (χ0) is 21.1. The van der Waals surface area contributed by atoms with Crippen LogP contribution < -0.4 is 5.32 Å². The Balaban J connectivity index is 1.76. The lowest BCUT2D eigenvalue weighted by molar-refractivity contribution is 0.186. The first-order valence-corrected chi connectivity index (χ1v) is 10.5. The quantitative estimate of drug-likeness (QED) is 0.587. The number of rotatable bonds is 7. The number of hydrogen-bond acceptors (Lipinski definition) is 4. The Labute approximate surface area is 182 Å². The van der Waals surface area contributed by atoms with Gasteiger partial charge >= 0.3 is 0 Å². The molecule has 7 heteroatoms. The summed E-state index contributed by atoms with van der Waals surface area (Å²) in [6, 6.07) is 14.3. The summed E-state index contributed by atoms with van der Waals surface area (Å²) >= 11 is 5.78. The molecular weight excluding hydrogens is 394 g/mol. The number of nitrogens with one attached hydrogen (secondary N) is 1. The number of thiocarbonyl (C=S) groups is 1. The molecule has 3 aromatic heterocycles. The van der Waals surface area contributed by atoms with E-state index in [0.29, 0.717) is 13.2 Å². The van der Waals surface area contributed by atoms with Gasteiger partial charge in [0.2, 0.25) is 0 Å². The lowest BCUT2D eigenvalue weighted by Gasteiger charge is -2.28. The van der Waals surface area contributed by atoms with Gasteiger partial charge in [0.25, 0.3) is 0 Å². The first-order chi connectivity index (χ1) is 14.6. The van der Waals surface area contributed by atoms with Gasteiger partial charge in [0.15, 0.2) is 5.11 Å². The monoisotopic (exact) mass is 421 g/mol. The highest BCUT2D eigenvalue weighted by atomic mass is 32.1. The molecule has 0 radical (unpaired) electrons. The summed E-state index contributed by atoms with van der Waals surface area (Å²) in [6.07, 6.45) is 3.66. The van der Waals surface area contributed by atoms with E-state index in [1.807, 2.05) is 42.7 Å². The maximum Gasteiger partial charge on any atom is 0.170 e. The van der Waals surface area contributed by atoms with Crippen molar-refractivity contribution >= 4 is 17.3 Å². The largest absolute Gasteiger partial charge is 0.383 e. The Hall–Kier alpha value is -2.77. The number of ether oxygens (including phenoxy) is 1. The van der Waals surface area contributed by atoms with Gasteiger partial charge in [0, 0.05) is 37.4 Å². The Morgan fingerprint density at radius 3 is 2.53 bits per heavy atom. The molecule has 0 amide bonds. The van der Waals surface area contributed by atoms with Gasteiger partial charge in [-0.2, -0.15) is 0 Å². The van der Waals surface area contributed by atoms with Crippen molar-refractivity contribution in [1.82, 2.24) is 24.8 Å². The third-order valence-electron chi connectivity index (χ3n) is 5.71. The fourth-order valence-corrected chi connectivity index (χ4v) is 4.54. The molecule has 0 aliphatic carbocycles. The van der Waals surface area contributed by atoms with Crippen molar-refractivity contribution in [2.24, 2.45) is 0 Å². The predicted molar refractivity (Wildman–Crippen MR) is 121 cm³/mol. The smallest absolute Gasteiger partial charge is 0.170 e. The average Bonchev–Trinajstić information content (AvgIpc) is 3.23. The summed E-state index contributed by atoms with van der Waals surface area (Å²) < 4.78 is 7.63. The van der Waals surface area contributed by atoms with Gasteiger partial charge in [-0.05, 0) is 62.0 Å². The van der Waals surface area contributed by atoms with E-state index in [4.69, 9.17) is 17.0 Å². The van der Waals surface area contributed by atoms with E-state index in [2.05, 4.69) is 50.7 Å². The minimum Gasteiger partial charge on any atom is -0.383 e. The molecule has 1 aliphatic heterocycles. The molecule has 1 aliphatic rings. The van der Waals surface area contributed by atoms with Crippen LogP contribution in [0.4, 0.5) is 0 Å². The molecule has 0 saturated carbocycles. The van der Waals surface area contributed by atoms with Gasteiger partial charge in [0.05, 0.1) is 36.6 Å². The van der Waals surface area contributed by atoms with Crippen LogP contribution in [0.25, 0.3) is 0 Å². The molecule has 1 N–H and O–H groups in total. The van der Waals surface area contributed by atoms with Crippen molar-refractivity contribution in [1.29, 1.82) is 0 Å². The molecule has 3 aromatic rings. The minimum absolute atomic E-state index is 0.0249. The van der Waals surface area contributed by atoms with Gasteiger partial charge in [0.1, 0.15) is 0 Å². The molecule has 0 aromatic carbocycles. The maximum absolute atomic E-state index is 5.78. The summed E-state index contributed by atoms with van der Waals surface area (Å²) in [7, 11) is 1.74. The van der Waals surface area contributed by atoms with Gasteiger partial charge in [-0.15, -0.1) is 0 Å². The molecule has 30 heavy (non-hydrogen) atoms. The first kappa shape index (κ1) is 20.5.